The lowest BCUT2D eigenvalue weighted by Crippen LogP contribution is -2.45. The smallest absolute Gasteiger partial charge is 0.191 e. The highest BCUT2D eigenvalue weighted by atomic mass is 15.3. The van der Waals surface area contributed by atoms with Crippen molar-refractivity contribution in [2.75, 3.05) is 58.3 Å². The van der Waals surface area contributed by atoms with Crippen molar-refractivity contribution in [2.45, 2.75) is 32.0 Å². The van der Waals surface area contributed by atoms with E-state index >= 15 is 0 Å². The number of benzene rings is 1. The van der Waals surface area contributed by atoms with Crippen LogP contribution in [-0.2, 0) is 13.1 Å². The first-order valence-electron chi connectivity index (χ1n) is 11.8. The lowest BCUT2D eigenvalue weighted by molar-refractivity contribution is 0.245. The minimum atomic E-state index is 0.540. The number of anilines is 1. The molecule has 0 saturated carbocycles. The van der Waals surface area contributed by atoms with Crippen molar-refractivity contribution in [1.29, 1.82) is 0 Å². The Morgan fingerprint density at radius 1 is 1.00 bits per heavy atom. The summed E-state index contributed by atoms with van der Waals surface area (Å²) in [4.78, 5) is 16.4. The maximum Gasteiger partial charge on any atom is 0.191 e. The number of hydrogen-bond donors (Lipinski definition) is 2. The fourth-order valence-corrected chi connectivity index (χ4v) is 4.52. The first-order chi connectivity index (χ1) is 15.7. The highest BCUT2D eigenvalue weighted by Crippen LogP contribution is 2.19. The molecule has 32 heavy (non-hydrogen) atoms. The van der Waals surface area contributed by atoms with Crippen LogP contribution in [0.4, 0.5) is 5.82 Å². The molecule has 2 saturated heterocycles. The number of guanidine groups is 1. The van der Waals surface area contributed by atoms with Gasteiger partial charge in [0.2, 0.25) is 0 Å². The standard InChI is InChI=1S/C25H37N7/c1-26-25(29-19-23-9-6-12-32(23)20-21-7-4-3-5-8-21)28-18-22-10-11-24(27-17-22)31-15-13-30(2)14-16-31/h3-5,7-8,10-11,17,23H,6,9,12-16,18-20H2,1-2H3,(H2,26,28,29). The van der Waals surface area contributed by atoms with Crippen LogP contribution in [0.2, 0.25) is 0 Å². The van der Waals surface area contributed by atoms with Crippen molar-refractivity contribution < 1.29 is 0 Å². The Bertz CT molecular complexity index is 844. The fraction of sp³-hybridized carbons (Fsp3) is 0.520. The fourth-order valence-electron chi connectivity index (χ4n) is 4.52. The normalized spacial score (nSPS) is 20.5. The van der Waals surface area contributed by atoms with Gasteiger partial charge in [-0.2, -0.15) is 0 Å². The number of nitrogens with one attached hydrogen (secondary N) is 2. The van der Waals surface area contributed by atoms with E-state index in [0.717, 1.165) is 56.6 Å². The lowest BCUT2D eigenvalue weighted by Gasteiger charge is -2.33. The molecule has 2 aliphatic rings. The van der Waals surface area contributed by atoms with Gasteiger partial charge in [-0.25, -0.2) is 4.98 Å². The van der Waals surface area contributed by atoms with Crippen LogP contribution in [0.25, 0.3) is 0 Å². The van der Waals surface area contributed by atoms with E-state index in [2.05, 4.69) is 79.8 Å². The van der Waals surface area contributed by atoms with Gasteiger partial charge in [-0.1, -0.05) is 36.4 Å². The third-order valence-electron chi connectivity index (χ3n) is 6.55. The summed E-state index contributed by atoms with van der Waals surface area (Å²) in [7, 11) is 4.01. The van der Waals surface area contributed by atoms with Crippen LogP contribution in [0.1, 0.15) is 24.0 Å². The van der Waals surface area contributed by atoms with Gasteiger partial charge in [0, 0.05) is 65.1 Å². The second kappa shape index (κ2) is 11.3. The van der Waals surface area contributed by atoms with E-state index < -0.39 is 0 Å². The van der Waals surface area contributed by atoms with Crippen molar-refractivity contribution >= 4 is 11.8 Å². The van der Waals surface area contributed by atoms with Crippen molar-refractivity contribution in [3.05, 3.63) is 59.8 Å². The highest BCUT2D eigenvalue weighted by Gasteiger charge is 2.24. The van der Waals surface area contributed by atoms with Gasteiger partial charge in [0.05, 0.1) is 0 Å². The number of piperazine rings is 1. The summed E-state index contributed by atoms with van der Waals surface area (Å²) in [6.07, 6.45) is 4.47. The molecule has 2 aromatic rings. The van der Waals surface area contributed by atoms with Crippen LogP contribution in [0.3, 0.4) is 0 Å². The topological polar surface area (TPSA) is 59.0 Å². The molecule has 0 bridgehead atoms. The molecule has 4 rings (SSSR count). The van der Waals surface area contributed by atoms with Crippen LogP contribution in [0.15, 0.2) is 53.7 Å². The first-order valence-corrected chi connectivity index (χ1v) is 11.8. The zero-order valence-corrected chi connectivity index (χ0v) is 19.5. The largest absolute Gasteiger partial charge is 0.355 e. The van der Waals surface area contributed by atoms with Crippen molar-refractivity contribution in [3.8, 4) is 0 Å². The molecule has 0 aliphatic carbocycles. The van der Waals surface area contributed by atoms with E-state index in [-0.39, 0.29) is 0 Å². The van der Waals surface area contributed by atoms with Crippen LogP contribution in [0.5, 0.6) is 0 Å². The summed E-state index contributed by atoms with van der Waals surface area (Å²) in [5.74, 6) is 1.92. The third kappa shape index (κ3) is 6.20. The SMILES string of the molecule is CN=C(NCc1ccc(N2CCN(C)CC2)nc1)NCC1CCCN1Cc1ccccc1. The average Bonchev–Trinajstić information content (AvgIpc) is 3.27. The van der Waals surface area contributed by atoms with E-state index in [1.807, 2.05) is 13.2 Å². The quantitative estimate of drug-likeness (QED) is 0.514. The Labute approximate surface area is 192 Å². The van der Waals surface area contributed by atoms with Crippen LogP contribution in [-0.4, -0.2) is 80.1 Å². The van der Waals surface area contributed by atoms with Crippen molar-refractivity contribution in [1.82, 2.24) is 25.4 Å². The lowest BCUT2D eigenvalue weighted by atomic mass is 10.2. The molecule has 1 unspecified atom stereocenters. The Kier molecular flexibility index (Phi) is 7.96. The Hall–Kier alpha value is -2.64. The van der Waals surface area contributed by atoms with E-state index in [0.29, 0.717) is 12.6 Å². The van der Waals surface area contributed by atoms with Crippen molar-refractivity contribution in [3.63, 3.8) is 0 Å². The molecule has 2 aliphatic heterocycles. The van der Waals surface area contributed by atoms with Gasteiger partial charge in [-0.05, 0) is 43.6 Å². The Morgan fingerprint density at radius 3 is 2.53 bits per heavy atom. The summed E-state index contributed by atoms with van der Waals surface area (Å²) in [5, 5.41) is 6.97. The van der Waals surface area contributed by atoms with Crippen LogP contribution >= 0.6 is 0 Å². The number of likely N-dealkylation sites (N-methyl/N-ethyl adjacent to an activating group) is 1. The summed E-state index contributed by atoms with van der Waals surface area (Å²) in [5.41, 5.74) is 2.55. The minimum absolute atomic E-state index is 0.540. The molecule has 0 spiro atoms. The second-order valence-corrected chi connectivity index (χ2v) is 8.87. The number of likely N-dealkylation sites (tertiary alicyclic amines) is 1. The predicted octanol–water partition coefficient (Wildman–Crippen LogP) is 2.16. The predicted molar refractivity (Wildman–Crippen MR) is 132 cm³/mol. The zero-order valence-electron chi connectivity index (χ0n) is 19.5. The molecular formula is C25H37N7. The first kappa shape index (κ1) is 22.6. The number of rotatable bonds is 7. The molecule has 0 amide bonds. The average molecular weight is 436 g/mol. The van der Waals surface area contributed by atoms with Crippen LogP contribution < -0.4 is 15.5 Å². The number of hydrogen-bond acceptors (Lipinski definition) is 5. The second-order valence-electron chi connectivity index (χ2n) is 8.87. The molecule has 172 valence electrons. The van der Waals surface area contributed by atoms with Gasteiger partial charge in [0.25, 0.3) is 0 Å². The third-order valence-corrected chi connectivity index (χ3v) is 6.55. The maximum atomic E-state index is 4.69. The maximum absolute atomic E-state index is 4.69. The van der Waals surface area contributed by atoms with Gasteiger partial charge in [-0.15, -0.1) is 0 Å². The molecule has 1 atom stereocenters. The van der Waals surface area contributed by atoms with Gasteiger partial charge in [0.15, 0.2) is 5.96 Å². The van der Waals surface area contributed by atoms with Gasteiger partial charge in [-0.3, -0.25) is 9.89 Å². The van der Waals surface area contributed by atoms with Gasteiger partial charge >= 0.3 is 0 Å². The minimum Gasteiger partial charge on any atom is -0.355 e. The molecule has 2 N–H and O–H groups in total. The monoisotopic (exact) mass is 435 g/mol. The number of aliphatic imine (C=N–C) groups is 1. The molecule has 7 nitrogen and oxygen atoms in total. The molecule has 2 fully saturated rings. The molecular weight excluding hydrogens is 398 g/mol. The Balaban J connectivity index is 1.22. The van der Waals surface area contributed by atoms with Gasteiger partial charge in [0.1, 0.15) is 5.82 Å². The molecule has 3 heterocycles. The van der Waals surface area contributed by atoms with Gasteiger partial charge < -0.3 is 20.4 Å². The van der Waals surface area contributed by atoms with E-state index in [9.17, 15) is 0 Å². The number of pyridine rings is 1. The summed E-state index contributed by atoms with van der Waals surface area (Å²) in [6.45, 7) is 8.08. The molecule has 1 aromatic heterocycles. The van der Waals surface area contributed by atoms with E-state index in [1.54, 1.807) is 0 Å². The summed E-state index contributed by atoms with van der Waals surface area (Å²) in [6, 6.07) is 15.6. The highest BCUT2D eigenvalue weighted by molar-refractivity contribution is 5.79. The van der Waals surface area contributed by atoms with E-state index in [1.165, 1.54) is 24.9 Å². The van der Waals surface area contributed by atoms with E-state index in [4.69, 9.17) is 4.98 Å². The van der Waals surface area contributed by atoms with Crippen LogP contribution in [0, 0.1) is 0 Å². The number of aromatic nitrogens is 1. The molecule has 7 heteroatoms. The van der Waals surface area contributed by atoms with Crippen molar-refractivity contribution in [2.24, 2.45) is 4.99 Å². The summed E-state index contributed by atoms with van der Waals surface area (Å²) < 4.78 is 0. The molecule has 0 radical (unpaired) electrons. The number of nitrogens with zero attached hydrogens (tertiary/aromatic N) is 5. The Morgan fingerprint density at radius 2 is 1.81 bits per heavy atom. The molecule has 1 aromatic carbocycles. The summed E-state index contributed by atoms with van der Waals surface area (Å²) >= 11 is 0. The zero-order chi connectivity index (χ0) is 22.2.